The number of amides is 1. The molecule has 0 saturated heterocycles. The molecular weight excluding hydrogens is 266 g/mol. The van der Waals surface area contributed by atoms with Crippen LogP contribution >= 0.6 is 0 Å². The van der Waals surface area contributed by atoms with Gasteiger partial charge in [-0.05, 0) is 30.9 Å². The Morgan fingerprint density at radius 3 is 2.38 bits per heavy atom. The van der Waals surface area contributed by atoms with Crippen LogP contribution in [0.15, 0.2) is 35.9 Å². The summed E-state index contributed by atoms with van der Waals surface area (Å²) < 4.78 is 0. The first-order chi connectivity index (χ1) is 10.1. The molecule has 0 aliphatic heterocycles. The van der Waals surface area contributed by atoms with Gasteiger partial charge in [-0.3, -0.25) is 4.79 Å². The maximum atomic E-state index is 12.4. The highest BCUT2D eigenvalue weighted by Crippen LogP contribution is 2.47. The normalized spacial score (nSPS) is 23.0. The zero-order valence-electron chi connectivity index (χ0n) is 12.1. The molecule has 0 bridgehead atoms. The zero-order chi connectivity index (χ0) is 15.0. The van der Waals surface area contributed by atoms with E-state index >= 15 is 0 Å². The fourth-order valence-corrected chi connectivity index (χ4v) is 3.35. The lowest BCUT2D eigenvalue weighted by Crippen LogP contribution is -2.53. The second kappa shape index (κ2) is 5.02. The van der Waals surface area contributed by atoms with Gasteiger partial charge in [0.25, 0.3) is 0 Å². The van der Waals surface area contributed by atoms with Gasteiger partial charge < -0.3 is 10.4 Å². The number of carboxylic acid groups (broad SMARTS) is 1. The van der Waals surface area contributed by atoms with Crippen LogP contribution in [0.3, 0.4) is 0 Å². The summed E-state index contributed by atoms with van der Waals surface area (Å²) in [5, 5.41) is 12.2. The van der Waals surface area contributed by atoms with Gasteiger partial charge in [0.15, 0.2) is 0 Å². The minimum Gasteiger partial charge on any atom is -0.480 e. The van der Waals surface area contributed by atoms with E-state index in [1.54, 1.807) is 0 Å². The Balaban J connectivity index is 1.72. The lowest BCUT2D eigenvalue weighted by atomic mass is 9.97. The number of hydrogen-bond acceptors (Lipinski definition) is 2. The summed E-state index contributed by atoms with van der Waals surface area (Å²) >= 11 is 0. The van der Waals surface area contributed by atoms with Gasteiger partial charge in [-0.2, -0.15) is 0 Å². The van der Waals surface area contributed by atoms with Crippen molar-refractivity contribution in [3.05, 3.63) is 41.5 Å². The van der Waals surface area contributed by atoms with E-state index in [-0.39, 0.29) is 11.8 Å². The fraction of sp³-hybridized carbons (Fsp3) is 0.412. The SMILES string of the molecule is CC1=C(c2ccccc2)[C@@H]1C(=O)NC1(C(=O)O)CCCC1. The van der Waals surface area contributed by atoms with Crippen molar-refractivity contribution in [2.24, 2.45) is 5.92 Å². The molecule has 1 aromatic rings. The lowest BCUT2D eigenvalue weighted by Gasteiger charge is -2.25. The Bertz CT molecular complexity index is 612. The molecule has 0 aromatic heterocycles. The average Bonchev–Trinajstić information content (AvgIpc) is 2.92. The van der Waals surface area contributed by atoms with E-state index in [1.807, 2.05) is 37.3 Å². The van der Waals surface area contributed by atoms with Crippen LogP contribution in [0.4, 0.5) is 0 Å². The average molecular weight is 285 g/mol. The molecule has 2 aliphatic rings. The predicted octanol–water partition coefficient (Wildman–Crippen LogP) is 2.60. The van der Waals surface area contributed by atoms with Gasteiger partial charge in [-0.15, -0.1) is 0 Å². The number of hydrogen-bond donors (Lipinski definition) is 2. The third kappa shape index (κ3) is 2.35. The van der Waals surface area contributed by atoms with Crippen molar-refractivity contribution in [3.8, 4) is 0 Å². The summed E-state index contributed by atoms with van der Waals surface area (Å²) in [6, 6.07) is 9.79. The number of aliphatic carboxylic acids is 1. The van der Waals surface area contributed by atoms with Crippen LogP contribution in [0.2, 0.25) is 0 Å². The second-order valence-electron chi connectivity index (χ2n) is 5.98. The summed E-state index contributed by atoms with van der Waals surface area (Å²) in [5.41, 5.74) is 2.07. The Hall–Kier alpha value is -2.10. The molecule has 1 amide bonds. The first-order valence-electron chi connectivity index (χ1n) is 7.37. The van der Waals surface area contributed by atoms with Crippen LogP contribution < -0.4 is 5.32 Å². The monoisotopic (exact) mass is 285 g/mol. The van der Waals surface area contributed by atoms with Gasteiger partial charge in [0.1, 0.15) is 5.54 Å². The van der Waals surface area contributed by atoms with Crippen LogP contribution in [0.25, 0.3) is 5.57 Å². The molecule has 0 heterocycles. The molecule has 4 nitrogen and oxygen atoms in total. The number of rotatable bonds is 4. The minimum atomic E-state index is -1.05. The van der Waals surface area contributed by atoms with Crippen molar-refractivity contribution in [2.75, 3.05) is 0 Å². The maximum Gasteiger partial charge on any atom is 0.329 e. The van der Waals surface area contributed by atoms with E-state index in [2.05, 4.69) is 5.32 Å². The van der Waals surface area contributed by atoms with Crippen molar-refractivity contribution in [2.45, 2.75) is 38.1 Å². The van der Waals surface area contributed by atoms with E-state index in [1.165, 1.54) is 0 Å². The van der Waals surface area contributed by atoms with Gasteiger partial charge in [0.2, 0.25) is 5.91 Å². The van der Waals surface area contributed by atoms with Gasteiger partial charge >= 0.3 is 5.97 Å². The lowest BCUT2D eigenvalue weighted by molar-refractivity contribution is -0.147. The number of carbonyl (C=O) groups excluding carboxylic acids is 1. The van der Waals surface area contributed by atoms with Crippen LogP contribution in [0.1, 0.15) is 38.2 Å². The van der Waals surface area contributed by atoms with E-state index in [4.69, 9.17) is 0 Å². The van der Waals surface area contributed by atoms with E-state index in [0.717, 1.165) is 29.6 Å². The Morgan fingerprint density at radius 2 is 1.81 bits per heavy atom. The maximum absolute atomic E-state index is 12.4. The highest BCUT2D eigenvalue weighted by atomic mass is 16.4. The summed E-state index contributed by atoms with van der Waals surface area (Å²) in [7, 11) is 0. The first-order valence-corrected chi connectivity index (χ1v) is 7.37. The third-order valence-corrected chi connectivity index (χ3v) is 4.64. The Morgan fingerprint density at radius 1 is 1.19 bits per heavy atom. The standard InChI is InChI=1S/C17H19NO3/c1-11-13(12-7-3-2-4-8-12)14(11)15(19)18-17(16(20)21)9-5-6-10-17/h2-4,7-8,14H,5-6,9-10H2,1H3,(H,18,19)(H,20,21)/t14-/m1/s1. The van der Waals surface area contributed by atoms with Crippen LogP contribution in [-0.2, 0) is 9.59 Å². The molecule has 4 heteroatoms. The summed E-state index contributed by atoms with van der Waals surface area (Å²) in [6.45, 7) is 1.94. The summed E-state index contributed by atoms with van der Waals surface area (Å²) in [4.78, 5) is 24.0. The number of benzene rings is 1. The van der Waals surface area contributed by atoms with Crippen LogP contribution in [0, 0.1) is 5.92 Å². The van der Waals surface area contributed by atoms with Crippen LogP contribution in [0.5, 0.6) is 0 Å². The Labute approximate surface area is 123 Å². The number of carboxylic acids is 1. The third-order valence-electron chi connectivity index (χ3n) is 4.64. The minimum absolute atomic E-state index is 0.171. The number of carbonyl (C=O) groups is 2. The van der Waals surface area contributed by atoms with E-state index < -0.39 is 11.5 Å². The largest absolute Gasteiger partial charge is 0.480 e. The molecule has 1 fully saturated rings. The predicted molar refractivity (Wildman–Crippen MR) is 79.5 cm³/mol. The molecule has 1 aromatic carbocycles. The van der Waals surface area contributed by atoms with Crippen molar-refractivity contribution in [1.29, 1.82) is 0 Å². The van der Waals surface area contributed by atoms with Gasteiger partial charge in [0, 0.05) is 0 Å². The molecule has 3 rings (SSSR count). The smallest absolute Gasteiger partial charge is 0.329 e. The number of nitrogens with one attached hydrogen (secondary N) is 1. The summed E-state index contributed by atoms with van der Waals surface area (Å²) in [6.07, 6.45) is 2.77. The van der Waals surface area contributed by atoms with Crippen molar-refractivity contribution in [1.82, 2.24) is 5.32 Å². The van der Waals surface area contributed by atoms with Crippen molar-refractivity contribution in [3.63, 3.8) is 0 Å². The zero-order valence-corrected chi connectivity index (χ0v) is 12.1. The molecular formula is C17H19NO3. The molecule has 110 valence electrons. The molecule has 0 unspecified atom stereocenters. The van der Waals surface area contributed by atoms with Crippen LogP contribution in [-0.4, -0.2) is 22.5 Å². The summed E-state index contributed by atoms with van der Waals surface area (Å²) in [5.74, 6) is -1.34. The van der Waals surface area contributed by atoms with Gasteiger partial charge in [-0.1, -0.05) is 48.7 Å². The highest BCUT2D eigenvalue weighted by molar-refractivity contribution is 6.07. The molecule has 21 heavy (non-hydrogen) atoms. The molecule has 2 aliphatic carbocycles. The molecule has 2 N–H and O–H groups in total. The molecule has 1 saturated carbocycles. The van der Waals surface area contributed by atoms with Gasteiger partial charge in [-0.25, -0.2) is 4.79 Å². The van der Waals surface area contributed by atoms with Crippen molar-refractivity contribution >= 4 is 17.4 Å². The molecule has 1 atom stereocenters. The fourth-order valence-electron chi connectivity index (χ4n) is 3.35. The second-order valence-corrected chi connectivity index (χ2v) is 5.98. The highest BCUT2D eigenvalue weighted by Gasteiger charge is 2.47. The molecule has 0 radical (unpaired) electrons. The quantitative estimate of drug-likeness (QED) is 0.893. The topological polar surface area (TPSA) is 66.4 Å². The Kier molecular flexibility index (Phi) is 3.32. The first kappa shape index (κ1) is 13.9. The van der Waals surface area contributed by atoms with Crippen molar-refractivity contribution < 1.29 is 14.7 Å². The van der Waals surface area contributed by atoms with E-state index in [9.17, 15) is 14.7 Å². The molecule has 0 spiro atoms. The van der Waals surface area contributed by atoms with E-state index in [0.29, 0.717) is 12.8 Å². The van der Waals surface area contributed by atoms with Gasteiger partial charge in [0.05, 0.1) is 5.92 Å².